The number of ether oxygens (including phenoxy) is 2. The second-order valence-corrected chi connectivity index (χ2v) is 4.47. The number of hydrogen-bond acceptors (Lipinski definition) is 4. The van der Waals surface area contributed by atoms with E-state index in [-0.39, 0.29) is 11.6 Å². The van der Waals surface area contributed by atoms with Crippen LogP contribution in [0.15, 0.2) is 23.2 Å². The maximum Gasteiger partial charge on any atom is 0.165 e. The van der Waals surface area contributed by atoms with Gasteiger partial charge in [0.25, 0.3) is 0 Å². The van der Waals surface area contributed by atoms with Crippen molar-refractivity contribution >= 4 is 16.9 Å². The number of amidine groups is 1. The number of methoxy groups -OCH3 is 2. The molecule has 6 heteroatoms. The van der Waals surface area contributed by atoms with E-state index >= 15 is 0 Å². The average molecular weight is 272 g/mol. The quantitative estimate of drug-likeness (QED) is 0.489. The van der Waals surface area contributed by atoms with Crippen LogP contribution in [0.4, 0.5) is 4.39 Å². The van der Waals surface area contributed by atoms with Crippen molar-refractivity contribution in [2.45, 2.75) is 5.75 Å². The third-order valence-electron chi connectivity index (χ3n) is 2.17. The van der Waals surface area contributed by atoms with Crippen LogP contribution in [-0.4, -0.2) is 32.5 Å². The van der Waals surface area contributed by atoms with Gasteiger partial charge in [-0.25, -0.2) is 4.39 Å². The van der Waals surface area contributed by atoms with Crippen LogP contribution in [0.1, 0.15) is 5.56 Å². The fraction of sp³-hybridized carbons (Fsp3) is 0.417. The Bertz CT molecular complexity index is 413. The predicted octanol–water partition coefficient (Wildman–Crippen LogP) is 2.03. The van der Waals surface area contributed by atoms with Gasteiger partial charge in [-0.05, 0) is 17.7 Å². The van der Waals surface area contributed by atoms with Gasteiger partial charge in [0.1, 0.15) is 0 Å². The highest BCUT2D eigenvalue weighted by Gasteiger charge is 2.04. The van der Waals surface area contributed by atoms with E-state index < -0.39 is 0 Å². The van der Waals surface area contributed by atoms with E-state index in [2.05, 4.69) is 4.99 Å². The van der Waals surface area contributed by atoms with E-state index in [0.717, 1.165) is 5.56 Å². The summed E-state index contributed by atoms with van der Waals surface area (Å²) in [6.45, 7) is 1.07. The average Bonchev–Trinajstić information content (AvgIpc) is 2.37. The zero-order chi connectivity index (χ0) is 13.4. The molecule has 0 saturated carbocycles. The fourth-order valence-electron chi connectivity index (χ4n) is 1.25. The summed E-state index contributed by atoms with van der Waals surface area (Å²) in [6, 6.07) is 4.84. The molecule has 2 N–H and O–H groups in total. The number of aliphatic imine (C=N–C) groups is 1. The minimum Gasteiger partial charge on any atom is -0.494 e. The summed E-state index contributed by atoms with van der Waals surface area (Å²) in [4.78, 5) is 4.10. The lowest BCUT2D eigenvalue weighted by atomic mass is 10.2. The highest BCUT2D eigenvalue weighted by molar-refractivity contribution is 8.13. The normalized spacial score (nSPS) is 11.6. The number of rotatable bonds is 6. The van der Waals surface area contributed by atoms with Crippen molar-refractivity contribution < 1.29 is 13.9 Å². The molecular weight excluding hydrogens is 255 g/mol. The lowest BCUT2D eigenvalue weighted by Crippen LogP contribution is -2.09. The first-order valence-electron chi connectivity index (χ1n) is 5.41. The molecule has 0 aliphatic heterocycles. The minimum atomic E-state index is -0.370. The van der Waals surface area contributed by atoms with Gasteiger partial charge in [-0.15, -0.1) is 0 Å². The molecule has 100 valence electrons. The number of nitrogens with two attached hydrogens (primary N) is 1. The van der Waals surface area contributed by atoms with E-state index in [9.17, 15) is 4.39 Å². The smallest absolute Gasteiger partial charge is 0.165 e. The standard InChI is InChI=1S/C12H17FN2O2S/c1-16-6-5-15-12(14)18-8-9-3-4-11(17-2)10(13)7-9/h3-4,7H,5-6,8H2,1-2H3,(H2,14,15). The number of hydrogen-bond donors (Lipinski definition) is 1. The van der Waals surface area contributed by atoms with Crippen LogP contribution in [0.3, 0.4) is 0 Å². The Morgan fingerprint density at radius 2 is 2.22 bits per heavy atom. The number of thioether (sulfide) groups is 1. The highest BCUT2D eigenvalue weighted by atomic mass is 32.2. The Morgan fingerprint density at radius 1 is 1.44 bits per heavy atom. The Balaban J connectivity index is 2.48. The number of halogens is 1. The molecule has 0 unspecified atom stereocenters. The molecule has 0 fully saturated rings. The van der Waals surface area contributed by atoms with Crippen molar-refractivity contribution in [1.82, 2.24) is 0 Å². The first kappa shape index (κ1) is 14.8. The highest BCUT2D eigenvalue weighted by Crippen LogP contribution is 2.20. The SMILES string of the molecule is COCCN=C(N)SCc1ccc(OC)c(F)c1. The lowest BCUT2D eigenvalue weighted by Gasteiger charge is -2.05. The van der Waals surface area contributed by atoms with Crippen LogP contribution in [0.25, 0.3) is 0 Å². The molecule has 0 aliphatic rings. The van der Waals surface area contributed by atoms with Crippen molar-refractivity contribution in [2.24, 2.45) is 10.7 Å². The molecular formula is C12H17FN2O2S. The monoisotopic (exact) mass is 272 g/mol. The van der Waals surface area contributed by atoms with Crippen molar-refractivity contribution in [3.63, 3.8) is 0 Å². The predicted molar refractivity (Wildman–Crippen MR) is 72.6 cm³/mol. The fourth-order valence-corrected chi connectivity index (χ4v) is 1.93. The van der Waals surface area contributed by atoms with Gasteiger partial charge in [0, 0.05) is 12.9 Å². The van der Waals surface area contributed by atoms with Gasteiger partial charge in [-0.2, -0.15) is 0 Å². The summed E-state index contributed by atoms with van der Waals surface area (Å²) in [6.07, 6.45) is 0. The summed E-state index contributed by atoms with van der Waals surface area (Å²) >= 11 is 1.37. The molecule has 0 bridgehead atoms. The third kappa shape index (κ3) is 4.93. The Hall–Kier alpha value is -1.27. The van der Waals surface area contributed by atoms with Gasteiger partial charge in [0.05, 0.1) is 20.3 Å². The molecule has 1 rings (SSSR count). The maximum atomic E-state index is 13.4. The summed E-state index contributed by atoms with van der Waals surface area (Å²) in [7, 11) is 3.05. The first-order valence-corrected chi connectivity index (χ1v) is 6.40. The maximum absolute atomic E-state index is 13.4. The van der Waals surface area contributed by atoms with Crippen molar-refractivity contribution in [1.29, 1.82) is 0 Å². The van der Waals surface area contributed by atoms with Gasteiger partial charge < -0.3 is 15.2 Å². The topological polar surface area (TPSA) is 56.8 Å². The van der Waals surface area contributed by atoms with Crippen molar-refractivity contribution in [2.75, 3.05) is 27.4 Å². The molecule has 0 atom stereocenters. The van der Waals surface area contributed by atoms with Crippen LogP contribution in [0, 0.1) is 5.82 Å². The van der Waals surface area contributed by atoms with E-state index in [0.29, 0.717) is 24.1 Å². The van der Waals surface area contributed by atoms with Gasteiger partial charge in [0.2, 0.25) is 0 Å². The summed E-state index contributed by atoms with van der Waals surface area (Å²) < 4.78 is 23.1. The molecule has 1 aromatic rings. The molecule has 1 aromatic carbocycles. The lowest BCUT2D eigenvalue weighted by molar-refractivity contribution is 0.208. The molecule has 0 aromatic heterocycles. The molecule has 0 saturated heterocycles. The van der Waals surface area contributed by atoms with Crippen LogP contribution in [0.5, 0.6) is 5.75 Å². The Kier molecular flexibility index (Phi) is 6.53. The van der Waals surface area contributed by atoms with Gasteiger partial charge in [-0.3, -0.25) is 4.99 Å². The Labute approximate surface area is 110 Å². The third-order valence-corrected chi connectivity index (χ3v) is 3.07. The van der Waals surface area contributed by atoms with Crippen LogP contribution in [-0.2, 0) is 10.5 Å². The van der Waals surface area contributed by atoms with Gasteiger partial charge in [0.15, 0.2) is 16.7 Å². The molecule has 4 nitrogen and oxygen atoms in total. The molecule has 0 radical (unpaired) electrons. The second kappa shape index (κ2) is 7.94. The van der Waals surface area contributed by atoms with Crippen molar-refractivity contribution in [3.8, 4) is 5.75 Å². The van der Waals surface area contributed by atoms with E-state index in [4.69, 9.17) is 15.2 Å². The molecule has 0 spiro atoms. The van der Waals surface area contributed by atoms with E-state index in [1.165, 1.54) is 24.9 Å². The summed E-state index contributed by atoms with van der Waals surface area (Å²) in [5, 5.41) is 0.475. The number of benzene rings is 1. The number of nitrogens with zero attached hydrogens (tertiary/aromatic N) is 1. The minimum absolute atomic E-state index is 0.241. The zero-order valence-electron chi connectivity index (χ0n) is 10.5. The largest absolute Gasteiger partial charge is 0.494 e. The molecule has 0 aliphatic carbocycles. The van der Waals surface area contributed by atoms with E-state index in [1.54, 1.807) is 19.2 Å². The van der Waals surface area contributed by atoms with Crippen LogP contribution >= 0.6 is 11.8 Å². The van der Waals surface area contributed by atoms with Crippen LogP contribution < -0.4 is 10.5 Å². The second-order valence-electron chi connectivity index (χ2n) is 3.47. The molecule has 0 amide bonds. The molecule has 18 heavy (non-hydrogen) atoms. The van der Waals surface area contributed by atoms with Crippen LogP contribution in [0.2, 0.25) is 0 Å². The Morgan fingerprint density at radius 3 is 2.83 bits per heavy atom. The van der Waals surface area contributed by atoms with Gasteiger partial charge >= 0.3 is 0 Å². The molecule has 0 heterocycles. The van der Waals surface area contributed by atoms with Gasteiger partial charge in [-0.1, -0.05) is 17.8 Å². The van der Waals surface area contributed by atoms with E-state index in [1.807, 2.05) is 0 Å². The van der Waals surface area contributed by atoms with Crippen molar-refractivity contribution in [3.05, 3.63) is 29.6 Å². The summed E-state index contributed by atoms with van der Waals surface area (Å²) in [5.41, 5.74) is 6.53. The first-order chi connectivity index (χ1) is 8.67. The zero-order valence-corrected chi connectivity index (χ0v) is 11.3. The summed E-state index contributed by atoms with van der Waals surface area (Å²) in [5.74, 6) is 0.444.